The number of aryl methyl sites for hydroxylation is 1. The van der Waals surface area contributed by atoms with Crippen molar-refractivity contribution in [1.29, 1.82) is 0 Å². The van der Waals surface area contributed by atoms with Crippen molar-refractivity contribution < 1.29 is 27.1 Å². The maximum atomic E-state index is 13.3. The molecule has 1 aliphatic rings. The molecular formula is C27H23F3N4O3. The van der Waals surface area contributed by atoms with Gasteiger partial charge in [0.05, 0.1) is 19.2 Å². The molecule has 5 rings (SSSR count). The van der Waals surface area contributed by atoms with Gasteiger partial charge < -0.3 is 20.2 Å². The molecule has 0 saturated carbocycles. The summed E-state index contributed by atoms with van der Waals surface area (Å²) in [5.41, 5.74) is 7.60. The Kier molecular flexibility index (Phi) is 6.20. The summed E-state index contributed by atoms with van der Waals surface area (Å²) in [6.07, 6.45) is -1.63. The average Bonchev–Trinajstić information content (AvgIpc) is 3.52. The number of ether oxygens (including phenoxy) is 1. The Morgan fingerprint density at radius 1 is 1.22 bits per heavy atom. The van der Waals surface area contributed by atoms with E-state index in [1.165, 1.54) is 30.9 Å². The quantitative estimate of drug-likeness (QED) is 0.333. The number of hydrogen-bond donors (Lipinski definition) is 2. The Bertz CT molecular complexity index is 1510. The van der Waals surface area contributed by atoms with E-state index in [-0.39, 0.29) is 34.7 Å². The molecule has 10 heteroatoms. The zero-order valence-electron chi connectivity index (χ0n) is 19.8. The van der Waals surface area contributed by atoms with Gasteiger partial charge in [0.1, 0.15) is 17.0 Å². The lowest BCUT2D eigenvalue weighted by molar-refractivity contribution is -0.140. The van der Waals surface area contributed by atoms with Crippen molar-refractivity contribution in [3.8, 4) is 17.2 Å². The first-order valence-corrected chi connectivity index (χ1v) is 11.5. The maximum absolute atomic E-state index is 13.3. The van der Waals surface area contributed by atoms with Gasteiger partial charge in [-0.25, -0.2) is 9.97 Å². The number of amides is 1. The minimum Gasteiger partial charge on any atom is -0.494 e. The molecule has 190 valence electrons. The Morgan fingerprint density at radius 3 is 2.73 bits per heavy atom. The monoisotopic (exact) mass is 508 g/mol. The Morgan fingerprint density at radius 2 is 2.00 bits per heavy atom. The van der Waals surface area contributed by atoms with Crippen LogP contribution in [-0.2, 0) is 12.6 Å². The molecule has 1 amide bonds. The molecule has 37 heavy (non-hydrogen) atoms. The fraction of sp³-hybridized carbons (Fsp3) is 0.222. The van der Waals surface area contributed by atoms with Gasteiger partial charge in [0, 0.05) is 10.9 Å². The molecular weight excluding hydrogens is 485 g/mol. The molecule has 7 nitrogen and oxygen atoms in total. The second kappa shape index (κ2) is 9.36. The van der Waals surface area contributed by atoms with Crippen LogP contribution in [0.15, 0.2) is 65.6 Å². The number of benzene rings is 2. The number of aromatic nitrogens is 2. The first kappa shape index (κ1) is 24.5. The minimum absolute atomic E-state index is 0.0125. The van der Waals surface area contributed by atoms with Crippen LogP contribution in [-0.4, -0.2) is 23.0 Å². The number of hydrogen-bond acceptors (Lipinski definition) is 6. The van der Waals surface area contributed by atoms with Crippen molar-refractivity contribution in [2.45, 2.75) is 31.1 Å². The SMILES string of the molecule is C=C[C@H](N)c1oc(-c2ccc(OC)c3nc(C(F)(F)F)ccc23)nc1C(=O)NC1CCc2ccccc21. The van der Waals surface area contributed by atoms with Crippen LogP contribution in [0.3, 0.4) is 0 Å². The number of fused-ring (bicyclic) bond motifs is 2. The molecule has 0 bridgehead atoms. The van der Waals surface area contributed by atoms with Crippen molar-refractivity contribution in [2.75, 3.05) is 7.11 Å². The van der Waals surface area contributed by atoms with Gasteiger partial charge in [0.25, 0.3) is 5.91 Å². The van der Waals surface area contributed by atoms with Gasteiger partial charge in [-0.15, -0.1) is 6.58 Å². The van der Waals surface area contributed by atoms with Crippen LogP contribution in [0.25, 0.3) is 22.4 Å². The number of oxazole rings is 1. The van der Waals surface area contributed by atoms with Gasteiger partial charge in [-0.05, 0) is 48.2 Å². The average molecular weight is 509 g/mol. The summed E-state index contributed by atoms with van der Waals surface area (Å²) in [6, 6.07) is 12.1. The smallest absolute Gasteiger partial charge is 0.433 e. The molecule has 0 fully saturated rings. The van der Waals surface area contributed by atoms with E-state index < -0.39 is 23.8 Å². The van der Waals surface area contributed by atoms with Gasteiger partial charge in [-0.2, -0.15) is 13.2 Å². The van der Waals surface area contributed by atoms with Gasteiger partial charge in [-0.3, -0.25) is 4.79 Å². The second-order valence-corrected chi connectivity index (χ2v) is 8.66. The normalized spacial score (nSPS) is 15.9. The summed E-state index contributed by atoms with van der Waals surface area (Å²) in [4.78, 5) is 21.5. The van der Waals surface area contributed by atoms with E-state index >= 15 is 0 Å². The molecule has 0 spiro atoms. The Labute approximate surface area is 210 Å². The summed E-state index contributed by atoms with van der Waals surface area (Å²) in [5, 5.41) is 3.32. The highest BCUT2D eigenvalue weighted by atomic mass is 19.4. The van der Waals surface area contributed by atoms with Gasteiger partial charge in [0.15, 0.2) is 11.5 Å². The van der Waals surface area contributed by atoms with Crippen LogP contribution in [0.5, 0.6) is 5.75 Å². The van der Waals surface area contributed by atoms with E-state index in [1.807, 2.05) is 24.3 Å². The van der Waals surface area contributed by atoms with E-state index in [2.05, 4.69) is 21.9 Å². The van der Waals surface area contributed by atoms with Crippen LogP contribution >= 0.6 is 0 Å². The number of methoxy groups -OCH3 is 1. The number of nitrogens with one attached hydrogen (secondary N) is 1. The number of nitrogens with two attached hydrogens (primary N) is 1. The van der Waals surface area contributed by atoms with Gasteiger partial charge >= 0.3 is 6.18 Å². The van der Waals surface area contributed by atoms with E-state index in [9.17, 15) is 18.0 Å². The summed E-state index contributed by atoms with van der Waals surface area (Å²) in [6.45, 7) is 3.68. The summed E-state index contributed by atoms with van der Waals surface area (Å²) < 4.78 is 51.1. The highest BCUT2D eigenvalue weighted by Crippen LogP contribution is 2.38. The van der Waals surface area contributed by atoms with Gasteiger partial charge in [0.2, 0.25) is 5.89 Å². The molecule has 0 saturated heterocycles. The van der Waals surface area contributed by atoms with Crippen molar-refractivity contribution in [2.24, 2.45) is 5.73 Å². The molecule has 0 aliphatic heterocycles. The molecule has 3 N–H and O–H groups in total. The number of halogens is 3. The second-order valence-electron chi connectivity index (χ2n) is 8.66. The van der Waals surface area contributed by atoms with Crippen LogP contribution in [0.4, 0.5) is 13.2 Å². The summed E-state index contributed by atoms with van der Waals surface area (Å²) in [7, 11) is 1.34. The molecule has 0 radical (unpaired) electrons. The Hall–Kier alpha value is -4.18. The first-order chi connectivity index (χ1) is 17.7. The summed E-state index contributed by atoms with van der Waals surface area (Å²) >= 11 is 0. The Balaban J connectivity index is 1.57. The number of carbonyl (C=O) groups excluding carboxylic acids is 1. The van der Waals surface area contributed by atoms with E-state index in [4.69, 9.17) is 14.9 Å². The first-order valence-electron chi connectivity index (χ1n) is 11.5. The number of carbonyl (C=O) groups is 1. The highest BCUT2D eigenvalue weighted by molar-refractivity contribution is 5.98. The lowest BCUT2D eigenvalue weighted by Gasteiger charge is -2.14. The predicted molar refractivity (Wildman–Crippen MR) is 131 cm³/mol. The molecule has 2 atom stereocenters. The fourth-order valence-electron chi connectivity index (χ4n) is 4.58. The lowest BCUT2D eigenvalue weighted by Crippen LogP contribution is -2.29. The fourth-order valence-corrected chi connectivity index (χ4v) is 4.58. The third-order valence-electron chi connectivity index (χ3n) is 6.42. The number of nitrogens with zero attached hydrogens (tertiary/aromatic N) is 2. The van der Waals surface area contributed by atoms with E-state index in [1.54, 1.807) is 6.07 Å². The minimum atomic E-state index is -4.63. The van der Waals surface area contributed by atoms with Crippen molar-refractivity contribution in [1.82, 2.24) is 15.3 Å². The third-order valence-corrected chi connectivity index (χ3v) is 6.42. The van der Waals surface area contributed by atoms with Crippen LogP contribution in [0, 0.1) is 0 Å². The summed E-state index contributed by atoms with van der Waals surface area (Å²) in [5.74, 6) is -0.215. The van der Waals surface area contributed by atoms with Crippen LogP contribution in [0.1, 0.15) is 51.6 Å². The molecule has 4 aromatic rings. The topological polar surface area (TPSA) is 103 Å². The largest absolute Gasteiger partial charge is 0.494 e. The zero-order valence-corrected chi connectivity index (χ0v) is 19.8. The van der Waals surface area contributed by atoms with Crippen LogP contribution in [0.2, 0.25) is 0 Å². The van der Waals surface area contributed by atoms with E-state index in [0.717, 1.165) is 24.5 Å². The molecule has 1 aliphatic carbocycles. The van der Waals surface area contributed by atoms with E-state index in [0.29, 0.717) is 10.9 Å². The lowest BCUT2D eigenvalue weighted by atomic mass is 10.1. The zero-order chi connectivity index (χ0) is 26.3. The van der Waals surface area contributed by atoms with Crippen molar-refractivity contribution >= 4 is 16.8 Å². The number of rotatable bonds is 6. The van der Waals surface area contributed by atoms with Crippen molar-refractivity contribution in [3.05, 3.63) is 89.5 Å². The highest BCUT2D eigenvalue weighted by Gasteiger charge is 2.34. The molecule has 2 heterocycles. The molecule has 1 unspecified atom stereocenters. The third kappa shape index (κ3) is 4.44. The number of alkyl halides is 3. The standard InChI is InChI=1S/C27H23F3N4O3/c1-3-18(31)24-23(25(35)32-19-11-8-14-6-4-5-7-15(14)19)34-26(37-24)17-9-12-20(36-2)22-16(17)10-13-21(33-22)27(28,29)30/h3-7,9-10,12-13,18-19H,1,8,11,31H2,2H3,(H,32,35)/t18-,19?/m0/s1. The van der Waals surface area contributed by atoms with Crippen LogP contribution < -0.4 is 15.8 Å². The number of pyridine rings is 1. The molecule has 2 aromatic heterocycles. The van der Waals surface area contributed by atoms with Crippen molar-refractivity contribution in [3.63, 3.8) is 0 Å². The maximum Gasteiger partial charge on any atom is 0.433 e. The predicted octanol–water partition coefficient (Wildman–Crippen LogP) is 5.52. The molecule has 2 aromatic carbocycles. The van der Waals surface area contributed by atoms with Gasteiger partial charge in [-0.1, -0.05) is 30.3 Å².